The maximum absolute atomic E-state index is 12.6. The molecule has 1 aliphatic carbocycles. The van der Waals surface area contributed by atoms with Gasteiger partial charge in [-0.3, -0.25) is 4.79 Å². The maximum atomic E-state index is 12.6. The number of aromatic nitrogens is 1. The van der Waals surface area contributed by atoms with Crippen molar-refractivity contribution in [3.05, 3.63) is 59.3 Å². The van der Waals surface area contributed by atoms with Gasteiger partial charge in [0, 0.05) is 18.3 Å². The second-order valence-corrected chi connectivity index (χ2v) is 6.30. The zero-order valence-corrected chi connectivity index (χ0v) is 14.3. The van der Waals surface area contributed by atoms with Crippen LogP contribution in [-0.4, -0.2) is 18.0 Å². The van der Waals surface area contributed by atoms with E-state index in [0.717, 1.165) is 17.5 Å². The van der Waals surface area contributed by atoms with Crippen LogP contribution in [0.1, 0.15) is 54.7 Å². The van der Waals surface area contributed by atoms with E-state index in [0.29, 0.717) is 18.3 Å². The van der Waals surface area contributed by atoms with Gasteiger partial charge in [0.1, 0.15) is 0 Å². The summed E-state index contributed by atoms with van der Waals surface area (Å²) in [7, 11) is 1.61. The molecule has 1 N–H and O–H groups in total. The number of pyridine rings is 1. The summed E-state index contributed by atoms with van der Waals surface area (Å²) >= 11 is 0. The molecule has 0 unspecified atom stereocenters. The molecule has 1 heterocycles. The molecule has 1 amide bonds. The normalized spacial score (nSPS) is 14.9. The van der Waals surface area contributed by atoms with Gasteiger partial charge in [0.25, 0.3) is 0 Å². The highest BCUT2D eigenvalue weighted by molar-refractivity contribution is 5.83. The molecule has 1 saturated carbocycles. The van der Waals surface area contributed by atoms with E-state index in [1.54, 1.807) is 7.11 Å². The average molecular weight is 324 g/mol. The van der Waals surface area contributed by atoms with Crippen LogP contribution in [0.4, 0.5) is 0 Å². The number of methoxy groups -OCH3 is 1. The SMILES string of the molecule is CC[C@H](C(=O)NCc1cc(C2CC2)cnc1OC)c1ccccc1. The number of nitrogens with zero attached hydrogens (tertiary/aromatic N) is 1. The van der Waals surface area contributed by atoms with E-state index in [1.807, 2.05) is 43.5 Å². The Morgan fingerprint density at radius 3 is 2.71 bits per heavy atom. The third-order valence-corrected chi connectivity index (χ3v) is 4.57. The number of benzene rings is 1. The second kappa shape index (κ2) is 7.47. The van der Waals surface area contributed by atoms with Gasteiger partial charge in [-0.25, -0.2) is 4.98 Å². The zero-order chi connectivity index (χ0) is 16.9. The lowest BCUT2D eigenvalue weighted by Crippen LogP contribution is -2.29. The minimum atomic E-state index is -0.128. The lowest BCUT2D eigenvalue weighted by Gasteiger charge is -2.16. The molecule has 1 aromatic heterocycles. The topological polar surface area (TPSA) is 51.2 Å². The van der Waals surface area contributed by atoms with Crippen molar-refractivity contribution in [2.75, 3.05) is 7.11 Å². The van der Waals surface area contributed by atoms with Crippen LogP contribution in [0.5, 0.6) is 5.88 Å². The molecule has 126 valence electrons. The fraction of sp³-hybridized carbons (Fsp3) is 0.400. The van der Waals surface area contributed by atoms with Gasteiger partial charge in [-0.1, -0.05) is 37.3 Å². The Bertz CT molecular complexity index is 696. The molecule has 0 aliphatic heterocycles. The van der Waals surface area contributed by atoms with Crippen molar-refractivity contribution >= 4 is 5.91 Å². The number of amides is 1. The number of nitrogens with one attached hydrogen (secondary N) is 1. The highest BCUT2D eigenvalue weighted by atomic mass is 16.5. The molecule has 3 rings (SSSR count). The van der Waals surface area contributed by atoms with Crippen molar-refractivity contribution in [3.8, 4) is 5.88 Å². The quantitative estimate of drug-likeness (QED) is 0.843. The molecule has 0 radical (unpaired) electrons. The van der Waals surface area contributed by atoms with Gasteiger partial charge < -0.3 is 10.1 Å². The Kier molecular flexibility index (Phi) is 5.14. The molecule has 0 bridgehead atoms. The van der Waals surface area contributed by atoms with Crippen molar-refractivity contribution in [1.82, 2.24) is 10.3 Å². The lowest BCUT2D eigenvalue weighted by molar-refractivity contribution is -0.122. The average Bonchev–Trinajstić information content (AvgIpc) is 3.46. The van der Waals surface area contributed by atoms with Crippen molar-refractivity contribution in [2.24, 2.45) is 0 Å². The van der Waals surface area contributed by atoms with Crippen LogP contribution in [0.3, 0.4) is 0 Å². The fourth-order valence-electron chi connectivity index (χ4n) is 3.03. The number of ether oxygens (including phenoxy) is 1. The third-order valence-electron chi connectivity index (χ3n) is 4.57. The van der Waals surface area contributed by atoms with Gasteiger partial charge in [-0.15, -0.1) is 0 Å². The van der Waals surface area contributed by atoms with E-state index in [2.05, 4.69) is 16.4 Å². The van der Waals surface area contributed by atoms with Crippen LogP contribution in [-0.2, 0) is 11.3 Å². The predicted molar refractivity (Wildman–Crippen MR) is 94.1 cm³/mol. The van der Waals surface area contributed by atoms with Gasteiger partial charge in [-0.2, -0.15) is 0 Å². The molecule has 0 spiro atoms. The predicted octanol–water partition coefficient (Wildman–Crippen LogP) is 3.78. The largest absolute Gasteiger partial charge is 0.481 e. The summed E-state index contributed by atoms with van der Waals surface area (Å²) in [6, 6.07) is 12.0. The summed E-state index contributed by atoms with van der Waals surface area (Å²) in [5.41, 5.74) is 3.24. The molecular formula is C20H24N2O2. The summed E-state index contributed by atoms with van der Waals surface area (Å²) in [6.45, 7) is 2.48. The second-order valence-electron chi connectivity index (χ2n) is 6.30. The molecule has 1 aromatic carbocycles. The van der Waals surface area contributed by atoms with E-state index in [-0.39, 0.29) is 11.8 Å². The van der Waals surface area contributed by atoms with Crippen molar-refractivity contribution in [3.63, 3.8) is 0 Å². The van der Waals surface area contributed by atoms with E-state index in [9.17, 15) is 4.79 Å². The van der Waals surface area contributed by atoms with Gasteiger partial charge in [0.15, 0.2) is 0 Å². The molecular weight excluding hydrogens is 300 g/mol. The van der Waals surface area contributed by atoms with Crippen LogP contribution in [0.15, 0.2) is 42.6 Å². The Morgan fingerprint density at radius 2 is 2.08 bits per heavy atom. The fourth-order valence-corrected chi connectivity index (χ4v) is 3.03. The maximum Gasteiger partial charge on any atom is 0.227 e. The van der Waals surface area contributed by atoms with Crippen LogP contribution >= 0.6 is 0 Å². The Morgan fingerprint density at radius 1 is 1.33 bits per heavy atom. The van der Waals surface area contributed by atoms with Gasteiger partial charge >= 0.3 is 0 Å². The molecule has 1 atom stereocenters. The number of hydrogen-bond donors (Lipinski definition) is 1. The van der Waals surface area contributed by atoms with Crippen molar-refractivity contribution in [1.29, 1.82) is 0 Å². The summed E-state index contributed by atoms with van der Waals surface area (Å²) in [5.74, 6) is 1.14. The summed E-state index contributed by atoms with van der Waals surface area (Å²) in [4.78, 5) is 17.0. The van der Waals surface area contributed by atoms with Gasteiger partial charge in [0.2, 0.25) is 11.8 Å². The molecule has 4 heteroatoms. The Balaban J connectivity index is 1.70. The highest BCUT2D eigenvalue weighted by Gasteiger charge is 2.25. The number of carbonyl (C=O) groups excluding carboxylic acids is 1. The molecule has 24 heavy (non-hydrogen) atoms. The first kappa shape index (κ1) is 16.5. The standard InChI is InChI=1S/C20H24N2O2/c1-3-18(15-7-5-4-6-8-15)19(23)21-13-17-11-16(14-9-10-14)12-22-20(17)24-2/h4-8,11-12,14,18H,3,9-10,13H2,1-2H3,(H,21,23)/t18-/m0/s1. The molecule has 1 aliphatic rings. The monoisotopic (exact) mass is 324 g/mol. The number of hydrogen-bond acceptors (Lipinski definition) is 3. The van der Waals surface area contributed by atoms with E-state index >= 15 is 0 Å². The first-order valence-electron chi connectivity index (χ1n) is 8.58. The third kappa shape index (κ3) is 3.75. The Labute approximate surface area is 143 Å². The molecule has 2 aromatic rings. The lowest BCUT2D eigenvalue weighted by atomic mass is 9.95. The minimum absolute atomic E-state index is 0.0441. The van der Waals surface area contributed by atoms with E-state index < -0.39 is 0 Å². The summed E-state index contributed by atoms with van der Waals surface area (Å²) in [6.07, 6.45) is 5.12. The first-order valence-corrected chi connectivity index (χ1v) is 8.58. The Hall–Kier alpha value is -2.36. The molecule has 0 saturated heterocycles. The molecule has 4 nitrogen and oxygen atoms in total. The number of rotatable bonds is 7. The number of carbonyl (C=O) groups is 1. The van der Waals surface area contributed by atoms with Crippen LogP contribution in [0, 0.1) is 0 Å². The van der Waals surface area contributed by atoms with Crippen LogP contribution < -0.4 is 10.1 Å². The van der Waals surface area contributed by atoms with Crippen LogP contribution in [0.25, 0.3) is 0 Å². The van der Waals surface area contributed by atoms with E-state index in [4.69, 9.17) is 4.74 Å². The van der Waals surface area contributed by atoms with E-state index in [1.165, 1.54) is 18.4 Å². The first-order chi connectivity index (χ1) is 11.7. The smallest absolute Gasteiger partial charge is 0.227 e. The summed E-state index contributed by atoms with van der Waals surface area (Å²) < 4.78 is 5.34. The van der Waals surface area contributed by atoms with Gasteiger partial charge in [-0.05, 0) is 42.4 Å². The summed E-state index contributed by atoms with van der Waals surface area (Å²) in [5, 5.41) is 3.05. The van der Waals surface area contributed by atoms with Crippen molar-refractivity contribution < 1.29 is 9.53 Å². The highest BCUT2D eigenvalue weighted by Crippen LogP contribution is 2.40. The van der Waals surface area contributed by atoms with Gasteiger partial charge in [0.05, 0.1) is 13.0 Å². The molecule has 1 fully saturated rings. The van der Waals surface area contributed by atoms with Crippen LogP contribution in [0.2, 0.25) is 0 Å². The minimum Gasteiger partial charge on any atom is -0.481 e. The zero-order valence-electron chi connectivity index (χ0n) is 14.3. The van der Waals surface area contributed by atoms with Crippen molar-refractivity contribution in [2.45, 2.75) is 44.6 Å².